The molecule has 4 nitrogen and oxygen atoms in total. The Balaban J connectivity index is 0.00000225. The number of halogens is 1. The van der Waals surface area contributed by atoms with Gasteiger partial charge in [-0.05, 0) is 31.0 Å². The number of carbonyl (C=O) groups is 1. The third-order valence-electron chi connectivity index (χ3n) is 1.98. The van der Waals surface area contributed by atoms with E-state index in [-0.39, 0.29) is 18.2 Å². The first-order chi connectivity index (χ1) is 7.13. The van der Waals surface area contributed by atoms with Gasteiger partial charge in [-0.3, -0.25) is 4.79 Å². The predicted octanol–water partition coefficient (Wildman–Crippen LogP) is 1.25. The molecule has 1 rings (SSSR count). The van der Waals surface area contributed by atoms with Crippen molar-refractivity contribution < 1.29 is 14.6 Å². The number of carbonyl (C=O) groups excluding carboxylic acids is 1. The van der Waals surface area contributed by atoms with Gasteiger partial charge < -0.3 is 15.6 Å². The molecule has 0 heterocycles. The molecule has 0 aliphatic carbocycles. The number of hydrogen-bond donors (Lipinski definition) is 2. The molecule has 3 N–H and O–H groups in total. The number of phenolic OH excluding ortho intramolecular Hbond substituents is 1. The molecule has 0 aliphatic heterocycles. The molecular weight excluding hydrogens is 230 g/mol. The minimum absolute atomic E-state index is 0. The van der Waals surface area contributed by atoms with E-state index in [9.17, 15) is 4.79 Å². The lowest BCUT2D eigenvalue weighted by atomic mass is 10.1. The summed E-state index contributed by atoms with van der Waals surface area (Å²) in [5.41, 5.74) is 6.53. The van der Waals surface area contributed by atoms with E-state index in [1.165, 1.54) is 0 Å². The van der Waals surface area contributed by atoms with Gasteiger partial charge in [-0.15, -0.1) is 12.4 Å². The number of rotatable bonds is 4. The molecule has 1 aromatic rings. The first-order valence-electron chi connectivity index (χ1n) is 4.83. The van der Waals surface area contributed by atoms with Crippen LogP contribution in [-0.4, -0.2) is 23.7 Å². The van der Waals surface area contributed by atoms with E-state index in [1.807, 2.05) is 0 Å². The number of aromatic hydroxyl groups is 1. The number of esters is 1. The van der Waals surface area contributed by atoms with E-state index >= 15 is 0 Å². The minimum Gasteiger partial charge on any atom is -0.508 e. The molecule has 0 saturated heterocycles. The van der Waals surface area contributed by atoms with Crippen LogP contribution >= 0.6 is 12.4 Å². The number of phenols is 1. The average molecular weight is 246 g/mol. The van der Waals surface area contributed by atoms with Gasteiger partial charge in [-0.25, -0.2) is 0 Å². The zero-order valence-corrected chi connectivity index (χ0v) is 9.87. The van der Waals surface area contributed by atoms with Crippen molar-refractivity contribution in [1.29, 1.82) is 0 Å². The van der Waals surface area contributed by atoms with Crippen LogP contribution in [0.1, 0.15) is 12.5 Å². The van der Waals surface area contributed by atoms with Crippen LogP contribution in [0, 0.1) is 0 Å². The van der Waals surface area contributed by atoms with Gasteiger partial charge in [0.1, 0.15) is 11.8 Å². The maximum atomic E-state index is 11.2. The standard InChI is InChI=1S/C11H15NO3.ClH/c1-2-15-11(14)10(12)7-8-3-5-9(13)6-4-8;/h3-6,10,13H,2,7,12H2,1H3;1H. The van der Waals surface area contributed by atoms with Crippen LogP contribution in [-0.2, 0) is 16.0 Å². The molecule has 0 aromatic heterocycles. The van der Waals surface area contributed by atoms with E-state index in [4.69, 9.17) is 15.6 Å². The largest absolute Gasteiger partial charge is 0.508 e. The molecule has 0 saturated carbocycles. The van der Waals surface area contributed by atoms with Gasteiger partial charge in [0.2, 0.25) is 0 Å². The number of hydrogen-bond acceptors (Lipinski definition) is 4. The van der Waals surface area contributed by atoms with Crippen molar-refractivity contribution in [3.63, 3.8) is 0 Å². The second-order valence-corrected chi connectivity index (χ2v) is 3.23. The highest BCUT2D eigenvalue weighted by Crippen LogP contribution is 2.11. The lowest BCUT2D eigenvalue weighted by Crippen LogP contribution is -2.34. The second kappa shape index (κ2) is 7.09. The lowest BCUT2D eigenvalue weighted by molar-refractivity contribution is -0.144. The Morgan fingerprint density at radius 2 is 2.00 bits per heavy atom. The summed E-state index contributed by atoms with van der Waals surface area (Å²) in [5.74, 6) is -0.200. The van der Waals surface area contributed by atoms with Crippen molar-refractivity contribution in [3.05, 3.63) is 29.8 Å². The molecule has 0 amide bonds. The van der Waals surface area contributed by atoms with Crippen molar-refractivity contribution in [2.24, 2.45) is 5.73 Å². The fraction of sp³-hybridized carbons (Fsp3) is 0.364. The van der Waals surface area contributed by atoms with Crippen molar-refractivity contribution in [2.45, 2.75) is 19.4 Å². The molecule has 0 radical (unpaired) electrons. The quantitative estimate of drug-likeness (QED) is 0.783. The monoisotopic (exact) mass is 245 g/mol. The van der Waals surface area contributed by atoms with E-state index in [0.29, 0.717) is 13.0 Å². The Hall–Kier alpha value is -1.26. The predicted molar refractivity (Wildman–Crippen MR) is 63.7 cm³/mol. The van der Waals surface area contributed by atoms with Crippen LogP contribution in [0.4, 0.5) is 0 Å². The third-order valence-corrected chi connectivity index (χ3v) is 1.98. The van der Waals surface area contributed by atoms with Gasteiger partial charge in [0, 0.05) is 0 Å². The first-order valence-corrected chi connectivity index (χ1v) is 4.83. The summed E-state index contributed by atoms with van der Waals surface area (Å²) in [7, 11) is 0. The molecule has 0 fully saturated rings. The van der Waals surface area contributed by atoms with E-state index in [0.717, 1.165) is 5.56 Å². The summed E-state index contributed by atoms with van der Waals surface area (Å²) in [6, 6.07) is 5.94. The summed E-state index contributed by atoms with van der Waals surface area (Å²) >= 11 is 0. The molecule has 0 spiro atoms. The molecule has 1 atom stereocenters. The Bertz CT molecular complexity index is 327. The molecule has 16 heavy (non-hydrogen) atoms. The highest BCUT2D eigenvalue weighted by molar-refractivity contribution is 5.85. The summed E-state index contributed by atoms with van der Waals surface area (Å²) in [6.07, 6.45) is 0.416. The van der Waals surface area contributed by atoms with Crippen LogP contribution in [0.5, 0.6) is 5.75 Å². The molecule has 1 unspecified atom stereocenters. The highest BCUT2D eigenvalue weighted by Gasteiger charge is 2.14. The van der Waals surface area contributed by atoms with Gasteiger partial charge >= 0.3 is 5.97 Å². The Kier molecular flexibility index (Phi) is 6.53. The smallest absolute Gasteiger partial charge is 0.323 e. The van der Waals surface area contributed by atoms with E-state index in [2.05, 4.69) is 0 Å². The zero-order chi connectivity index (χ0) is 11.3. The molecule has 0 bridgehead atoms. The SMILES string of the molecule is CCOC(=O)C(N)Cc1ccc(O)cc1.Cl. The minimum atomic E-state index is -0.644. The third kappa shape index (κ3) is 4.51. The fourth-order valence-electron chi connectivity index (χ4n) is 1.22. The van der Waals surface area contributed by atoms with Crippen molar-refractivity contribution >= 4 is 18.4 Å². The van der Waals surface area contributed by atoms with Gasteiger partial charge in [-0.2, -0.15) is 0 Å². The number of nitrogens with two attached hydrogens (primary N) is 1. The average Bonchev–Trinajstić information content (AvgIpc) is 2.22. The van der Waals surface area contributed by atoms with Crippen LogP contribution in [0.15, 0.2) is 24.3 Å². The molecule has 0 aliphatic rings. The zero-order valence-electron chi connectivity index (χ0n) is 9.05. The molecule has 5 heteroatoms. The van der Waals surface area contributed by atoms with Crippen LogP contribution in [0.3, 0.4) is 0 Å². The van der Waals surface area contributed by atoms with Crippen molar-refractivity contribution in [2.75, 3.05) is 6.61 Å². The Morgan fingerprint density at radius 1 is 1.44 bits per heavy atom. The molecule has 1 aromatic carbocycles. The van der Waals surface area contributed by atoms with E-state index < -0.39 is 12.0 Å². The van der Waals surface area contributed by atoms with Gasteiger partial charge in [0.15, 0.2) is 0 Å². The fourth-order valence-corrected chi connectivity index (χ4v) is 1.22. The maximum absolute atomic E-state index is 11.2. The summed E-state index contributed by atoms with van der Waals surface area (Å²) in [6.45, 7) is 2.08. The number of benzene rings is 1. The van der Waals surface area contributed by atoms with Crippen molar-refractivity contribution in [3.8, 4) is 5.75 Å². The lowest BCUT2D eigenvalue weighted by Gasteiger charge is -2.10. The van der Waals surface area contributed by atoms with Gasteiger partial charge in [0.25, 0.3) is 0 Å². The Morgan fingerprint density at radius 3 is 2.50 bits per heavy atom. The summed E-state index contributed by atoms with van der Waals surface area (Å²) in [4.78, 5) is 11.2. The van der Waals surface area contributed by atoms with Crippen LogP contribution < -0.4 is 5.73 Å². The normalized spacial score (nSPS) is 11.4. The van der Waals surface area contributed by atoms with Gasteiger partial charge in [-0.1, -0.05) is 12.1 Å². The second-order valence-electron chi connectivity index (χ2n) is 3.23. The van der Waals surface area contributed by atoms with Gasteiger partial charge in [0.05, 0.1) is 6.61 Å². The maximum Gasteiger partial charge on any atom is 0.323 e. The topological polar surface area (TPSA) is 72.5 Å². The highest BCUT2D eigenvalue weighted by atomic mass is 35.5. The molecule has 90 valence electrons. The van der Waals surface area contributed by atoms with Crippen molar-refractivity contribution in [1.82, 2.24) is 0 Å². The van der Waals surface area contributed by atoms with Crippen LogP contribution in [0.25, 0.3) is 0 Å². The summed E-state index contributed by atoms with van der Waals surface area (Å²) in [5, 5.41) is 9.06. The first kappa shape index (κ1) is 14.7. The summed E-state index contributed by atoms with van der Waals surface area (Å²) < 4.78 is 4.79. The Labute approximate surface area is 101 Å². The number of ether oxygens (including phenoxy) is 1. The molecular formula is C11H16ClNO3. The van der Waals surface area contributed by atoms with Crippen LogP contribution in [0.2, 0.25) is 0 Å². The van der Waals surface area contributed by atoms with E-state index in [1.54, 1.807) is 31.2 Å².